The van der Waals surface area contributed by atoms with Gasteiger partial charge < -0.3 is 4.98 Å². The monoisotopic (exact) mass is 260 g/mol. The van der Waals surface area contributed by atoms with Gasteiger partial charge in [-0.1, -0.05) is 20.8 Å². The van der Waals surface area contributed by atoms with E-state index in [1.165, 1.54) is 18.2 Å². The predicted molar refractivity (Wildman–Crippen MR) is 73.7 cm³/mol. The molecule has 0 saturated carbocycles. The molecule has 0 aliphatic rings. The first kappa shape index (κ1) is 13.5. The molecule has 3 nitrogen and oxygen atoms in total. The molecule has 0 amide bonds. The van der Waals surface area contributed by atoms with Gasteiger partial charge in [0.2, 0.25) is 0 Å². The SMILES string of the molecule is Cc1cc(F)cc(-c2nc(C(C)(C)C)cc(=O)[nH]2)c1. The van der Waals surface area contributed by atoms with Crippen molar-refractivity contribution >= 4 is 0 Å². The zero-order valence-corrected chi connectivity index (χ0v) is 11.5. The Balaban J connectivity index is 2.63. The number of nitrogens with zero attached hydrogens (tertiary/aromatic N) is 1. The van der Waals surface area contributed by atoms with E-state index in [-0.39, 0.29) is 16.8 Å². The van der Waals surface area contributed by atoms with Crippen LogP contribution < -0.4 is 5.56 Å². The lowest BCUT2D eigenvalue weighted by molar-refractivity contribution is 0.566. The minimum atomic E-state index is -0.334. The molecule has 1 aromatic carbocycles. The first-order chi connectivity index (χ1) is 8.75. The first-order valence-electron chi connectivity index (χ1n) is 6.15. The number of nitrogens with one attached hydrogen (secondary N) is 1. The second-order valence-corrected chi connectivity index (χ2v) is 5.75. The summed E-state index contributed by atoms with van der Waals surface area (Å²) in [6, 6.07) is 6.09. The molecule has 0 fully saturated rings. The van der Waals surface area contributed by atoms with E-state index < -0.39 is 0 Å². The largest absolute Gasteiger partial charge is 0.307 e. The highest BCUT2D eigenvalue weighted by atomic mass is 19.1. The topological polar surface area (TPSA) is 45.8 Å². The molecule has 0 bridgehead atoms. The molecule has 0 spiro atoms. The summed E-state index contributed by atoms with van der Waals surface area (Å²) in [5.74, 6) is 0.0684. The molecule has 100 valence electrons. The smallest absolute Gasteiger partial charge is 0.251 e. The molecule has 0 aliphatic heterocycles. The van der Waals surface area contributed by atoms with Gasteiger partial charge in [0, 0.05) is 17.0 Å². The fourth-order valence-corrected chi connectivity index (χ4v) is 1.85. The van der Waals surface area contributed by atoms with E-state index in [1.807, 2.05) is 20.8 Å². The maximum absolute atomic E-state index is 13.4. The van der Waals surface area contributed by atoms with Crippen LogP contribution in [0.5, 0.6) is 0 Å². The zero-order chi connectivity index (χ0) is 14.2. The summed E-state index contributed by atoms with van der Waals surface area (Å²) >= 11 is 0. The molecule has 4 heteroatoms. The highest BCUT2D eigenvalue weighted by Gasteiger charge is 2.17. The molecule has 2 aromatic rings. The van der Waals surface area contributed by atoms with E-state index >= 15 is 0 Å². The quantitative estimate of drug-likeness (QED) is 0.856. The van der Waals surface area contributed by atoms with Gasteiger partial charge in [0.15, 0.2) is 0 Å². The van der Waals surface area contributed by atoms with E-state index in [0.717, 1.165) is 5.56 Å². The van der Waals surface area contributed by atoms with Crippen molar-refractivity contribution in [1.29, 1.82) is 0 Å². The van der Waals surface area contributed by atoms with Crippen LogP contribution in [0.25, 0.3) is 11.4 Å². The number of benzene rings is 1. The number of hydrogen-bond acceptors (Lipinski definition) is 2. The third kappa shape index (κ3) is 3.08. The molecule has 1 N–H and O–H groups in total. The number of aromatic amines is 1. The van der Waals surface area contributed by atoms with Gasteiger partial charge in [0.25, 0.3) is 5.56 Å². The highest BCUT2D eigenvalue weighted by Crippen LogP contribution is 2.22. The van der Waals surface area contributed by atoms with E-state index in [9.17, 15) is 9.18 Å². The lowest BCUT2D eigenvalue weighted by Gasteiger charge is -2.18. The Morgan fingerprint density at radius 1 is 1.16 bits per heavy atom. The summed E-state index contributed by atoms with van der Waals surface area (Å²) in [4.78, 5) is 18.8. The van der Waals surface area contributed by atoms with Gasteiger partial charge in [0.1, 0.15) is 11.6 Å². The van der Waals surface area contributed by atoms with Gasteiger partial charge in [-0.3, -0.25) is 4.79 Å². The molecular formula is C15H17FN2O. The number of halogens is 1. The second-order valence-electron chi connectivity index (χ2n) is 5.75. The summed E-state index contributed by atoms with van der Waals surface area (Å²) < 4.78 is 13.4. The first-order valence-corrected chi connectivity index (χ1v) is 6.15. The van der Waals surface area contributed by atoms with Crippen LogP contribution in [-0.2, 0) is 5.41 Å². The van der Waals surface area contributed by atoms with Crippen LogP contribution >= 0.6 is 0 Å². The third-order valence-electron chi connectivity index (χ3n) is 2.83. The fraction of sp³-hybridized carbons (Fsp3) is 0.333. The molecule has 0 aliphatic carbocycles. The van der Waals surface area contributed by atoms with E-state index in [2.05, 4.69) is 9.97 Å². The van der Waals surface area contributed by atoms with Crippen LogP contribution in [0.3, 0.4) is 0 Å². The van der Waals surface area contributed by atoms with Crippen molar-refractivity contribution in [2.45, 2.75) is 33.1 Å². The Labute approximate surface area is 111 Å². The molecule has 1 heterocycles. The summed E-state index contributed by atoms with van der Waals surface area (Å²) in [5, 5.41) is 0. The Bertz CT molecular complexity index is 648. The molecule has 0 radical (unpaired) electrons. The van der Waals surface area contributed by atoms with Crippen LogP contribution in [-0.4, -0.2) is 9.97 Å². The lowest BCUT2D eigenvalue weighted by Crippen LogP contribution is -2.19. The lowest BCUT2D eigenvalue weighted by atomic mass is 9.92. The van der Waals surface area contributed by atoms with Crippen molar-refractivity contribution in [2.24, 2.45) is 0 Å². The Kier molecular flexibility index (Phi) is 3.27. The minimum Gasteiger partial charge on any atom is -0.307 e. The summed E-state index contributed by atoms with van der Waals surface area (Å²) in [7, 11) is 0. The van der Waals surface area contributed by atoms with Crippen LogP contribution in [0.15, 0.2) is 29.1 Å². The number of aromatic nitrogens is 2. The molecule has 19 heavy (non-hydrogen) atoms. The Morgan fingerprint density at radius 2 is 1.84 bits per heavy atom. The maximum Gasteiger partial charge on any atom is 0.251 e. The molecule has 1 aromatic heterocycles. The van der Waals surface area contributed by atoms with Gasteiger partial charge in [-0.05, 0) is 30.7 Å². The van der Waals surface area contributed by atoms with Crippen LogP contribution in [0.4, 0.5) is 4.39 Å². The van der Waals surface area contributed by atoms with Gasteiger partial charge in [0.05, 0.1) is 5.69 Å². The van der Waals surface area contributed by atoms with Crippen molar-refractivity contribution < 1.29 is 4.39 Å². The minimum absolute atomic E-state index is 0.225. The van der Waals surface area contributed by atoms with Crippen molar-refractivity contribution in [2.75, 3.05) is 0 Å². The predicted octanol–water partition coefficient (Wildman–Crippen LogP) is 3.18. The van der Waals surface area contributed by atoms with Gasteiger partial charge >= 0.3 is 0 Å². The summed E-state index contributed by atoms with van der Waals surface area (Å²) in [6.45, 7) is 7.75. The van der Waals surface area contributed by atoms with E-state index in [4.69, 9.17) is 0 Å². The summed E-state index contributed by atoms with van der Waals surface area (Å²) in [6.07, 6.45) is 0. The second kappa shape index (κ2) is 4.61. The molecule has 2 rings (SSSR count). The number of rotatable bonds is 1. The molecule has 0 atom stereocenters. The molecule has 0 saturated heterocycles. The normalized spacial score (nSPS) is 11.6. The van der Waals surface area contributed by atoms with Crippen molar-refractivity contribution in [1.82, 2.24) is 9.97 Å². The fourth-order valence-electron chi connectivity index (χ4n) is 1.85. The van der Waals surface area contributed by atoms with E-state index in [1.54, 1.807) is 13.0 Å². The maximum atomic E-state index is 13.4. The third-order valence-corrected chi connectivity index (χ3v) is 2.83. The Hall–Kier alpha value is -1.97. The van der Waals surface area contributed by atoms with Crippen molar-refractivity contribution in [3.8, 4) is 11.4 Å². The van der Waals surface area contributed by atoms with Crippen LogP contribution in [0.1, 0.15) is 32.0 Å². The van der Waals surface area contributed by atoms with Gasteiger partial charge in [-0.25, -0.2) is 9.37 Å². The van der Waals surface area contributed by atoms with E-state index in [0.29, 0.717) is 17.1 Å². The standard InChI is InChI=1S/C15H17FN2O/c1-9-5-10(7-11(16)6-9)14-17-12(15(2,3)4)8-13(19)18-14/h5-8H,1-4H3,(H,17,18,19). The molecule has 0 unspecified atom stereocenters. The average molecular weight is 260 g/mol. The van der Waals surface area contributed by atoms with Gasteiger partial charge in [-0.15, -0.1) is 0 Å². The number of aryl methyl sites for hydroxylation is 1. The number of hydrogen-bond donors (Lipinski definition) is 1. The summed E-state index contributed by atoms with van der Waals surface area (Å²) in [5.41, 5.74) is 1.61. The molecular weight excluding hydrogens is 243 g/mol. The van der Waals surface area contributed by atoms with Crippen molar-refractivity contribution in [3.05, 3.63) is 51.7 Å². The van der Waals surface area contributed by atoms with Crippen molar-refractivity contribution in [3.63, 3.8) is 0 Å². The Morgan fingerprint density at radius 3 is 2.42 bits per heavy atom. The van der Waals surface area contributed by atoms with Crippen LogP contribution in [0, 0.1) is 12.7 Å². The van der Waals surface area contributed by atoms with Crippen LogP contribution in [0.2, 0.25) is 0 Å². The van der Waals surface area contributed by atoms with Gasteiger partial charge in [-0.2, -0.15) is 0 Å². The average Bonchev–Trinajstić information content (AvgIpc) is 2.25. The highest BCUT2D eigenvalue weighted by molar-refractivity contribution is 5.56. The number of H-pyrrole nitrogens is 1. The zero-order valence-electron chi connectivity index (χ0n) is 11.5.